The van der Waals surface area contributed by atoms with Crippen molar-refractivity contribution < 1.29 is 9.59 Å². The molecule has 2 aliphatic heterocycles. The summed E-state index contributed by atoms with van der Waals surface area (Å²) < 4.78 is 0. The van der Waals surface area contributed by atoms with Crippen LogP contribution in [-0.2, 0) is 17.6 Å². The van der Waals surface area contributed by atoms with E-state index in [1.54, 1.807) is 6.92 Å². The van der Waals surface area contributed by atoms with Crippen LogP contribution in [0.15, 0.2) is 0 Å². The van der Waals surface area contributed by atoms with E-state index in [9.17, 15) is 9.59 Å². The SMILES string of the molecule is CC(=O)NCC1CCN(c2nc(CC(C)C)nc3c2CCNC3=O)CC1. The molecule has 0 bridgehead atoms. The number of aromatic nitrogens is 2. The summed E-state index contributed by atoms with van der Waals surface area (Å²) in [5.74, 6) is 2.59. The van der Waals surface area contributed by atoms with Gasteiger partial charge in [-0.1, -0.05) is 13.8 Å². The van der Waals surface area contributed by atoms with Gasteiger partial charge in [-0.2, -0.15) is 0 Å². The number of nitrogens with one attached hydrogen (secondary N) is 2. The number of hydrogen-bond acceptors (Lipinski definition) is 5. The van der Waals surface area contributed by atoms with Crippen LogP contribution in [0.3, 0.4) is 0 Å². The van der Waals surface area contributed by atoms with Crippen LogP contribution in [-0.4, -0.2) is 48.0 Å². The molecule has 3 rings (SSSR count). The number of amides is 2. The molecule has 2 aliphatic rings. The van der Waals surface area contributed by atoms with Crippen LogP contribution >= 0.6 is 0 Å². The van der Waals surface area contributed by atoms with Gasteiger partial charge in [-0.25, -0.2) is 9.97 Å². The first-order valence-electron chi connectivity index (χ1n) is 9.61. The van der Waals surface area contributed by atoms with Gasteiger partial charge in [0.25, 0.3) is 5.91 Å². The fourth-order valence-corrected chi connectivity index (χ4v) is 3.67. The Hall–Kier alpha value is -2.18. The third-order valence-corrected chi connectivity index (χ3v) is 5.05. The summed E-state index contributed by atoms with van der Waals surface area (Å²) in [6, 6.07) is 0. The van der Waals surface area contributed by atoms with Crippen LogP contribution in [0.1, 0.15) is 55.5 Å². The highest BCUT2D eigenvalue weighted by Crippen LogP contribution is 2.28. The average Bonchev–Trinajstić information content (AvgIpc) is 2.60. The molecular weight excluding hydrogens is 330 g/mol. The van der Waals surface area contributed by atoms with Gasteiger partial charge < -0.3 is 15.5 Å². The molecular formula is C19H29N5O2. The summed E-state index contributed by atoms with van der Waals surface area (Å²) in [6.45, 7) is 9.01. The molecule has 142 valence electrons. The second-order valence-corrected chi connectivity index (χ2v) is 7.76. The van der Waals surface area contributed by atoms with Crippen LogP contribution in [0.5, 0.6) is 0 Å². The average molecular weight is 359 g/mol. The predicted molar refractivity (Wildman–Crippen MR) is 100 cm³/mol. The van der Waals surface area contributed by atoms with Crippen LogP contribution in [0.4, 0.5) is 5.82 Å². The van der Waals surface area contributed by atoms with Gasteiger partial charge in [0, 0.05) is 45.1 Å². The van der Waals surface area contributed by atoms with Gasteiger partial charge >= 0.3 is 0 Å². The number of carbonyl (C=O) groups excluding carboxylic acids is 2. The number of hydrogen-bond donors (Lipinski definition) is 2. The van der Waals surface area contributed by atoms with E-state index in [4.69, 9.17) is 4.98 Å². The standard InChI is InChI=1S/C19H29N5O2/c1-12(2)10-16-22-17-15(4-7-20-19(17)26)18(23-16)24-8-5-14(6-9-24)11-21-13(3)25/h12,14H,4-11H2,1-3H3,(H,20,26)(H,21,25). The maximum Gasteiger partial charge on any atom is 0.270 e. The molecule has 1 fully saturated rings. The van der Waals surface area contributed by atoms with Gasteiger partial charge in [-0.15, -0.1) is 0 Å². The van der Waals surface area contributed by atoms with E-state index in [2.05, 4.69) is 34.4 Å². The normalized spacial score (nSPS) is 17.8. The third kappa shape index (κ3) is 4.31. The van der Waals surface area contributed by atoms with Crippen molar-refractivity contribution in [3.63, 3.8) is 0 Å². The molecule has 1 saturated heterocycles. The van der Waals surface area contributed by atoms with Crippen molar-refractivity contribution in [2.75, 3.05) is 31.1 Å². The van der Waals surface area contributed by atoms with Gasteiger partial charge in [-0.3, -0.25) is 9.59 Å². The second-order valence-electron chi connectivity index (χ2n) is 7.76. The van der Waals surface area contributed by atoms with Crippen LogP contribution < -0.4 is 15.5 Å². The Morgan fingerprint density at radius 2 is 2.04 bits per heavy atom. The molecule has 26 heavy (non-hydrogen) atoms. The summed E-state index contributed by atoms with van der Waals surface area (Å²) in [4.78, 5) is 35.1. The largest absolute Gasteiger partial charge is 0.356 e. The molecule has 2 amide bonds. The molecule has 0 radical (unpaired) electrons. The van der Waals surface area contributed by atoms with Gasteiger partial charge in [0.1, 0.15) is 17.3 Å². The number of nitrogens with zero attached hydrogens (tertiary/aromatic N) is 3. The zero-order valence-electron chi connectivity index (χ0n) is 16.0. The summed E-state index contributed by atoms with van der Waals surface area (Å²) in [6.07, 6.45) is 3.59. The molecule has 0 saturated carbocycles. The number of fused-ring (bicyclic) bond motifs is 1. The smallest absolute Gasteiger partial charge is 0.270 e. The topological polar surface area (TPSA) is 87.2 Å². The molecule has 1 aromatic rings. The number of carbonyl (C=O) groups is 2. The summed E-state index contributed by atoms with van der Waals surface area (Å²) in [5, 5.41) is 5.82. The van der Waals surface area contributed by atoms with E-state index in [1.165, 1.54) is 0 Å². The van der Waals surface area contributed by atoms with E-state index < -0.39 is 0 Å². The van der Waals surface area contributed by atoms with Crippen molar-refractivity contribution in [3.8, 4) is 0 Å². The molecule has 7 nitrogen and oxygen atoms in total. The first-order valence-corrected chi connectivity index (χ1v) is 9.61. The lowest BCUT2D eigenvalue weighted by molar-refractivity contribution is -0.119. The summed E-state index contributed by atoms with van der Waals surface area (Å²) >= 11 is 0. The van der Waals surface area contributed by atoms with Crippen LogP contribution in [0.2, 0.25) is 0 Å². The molecule has 0 aromatic carbocycles. The fourth-order valence-electron chi connectivity index (χ4n) is 3.67. The van der Waals surface area contributed by atoms with E-state index >= 15 is 0 Å². The minimum atomic E-state index is -0.0829. The Balaban J connectivity index is 1.79. The van der Waals surface area contributed by atoms with Gasteiger partial charge in [0.05, 0.1) is 0 Å². The highest BCUT2D eigenvalue weighted by atomic mass is 16.2. The fraction of sp³-hybridized carbons (Fsp3) is 0.684. The van der Waals surface area contributed by atoms with Gasteiger partial charge in [-0.05, 0) is 31.1 Å². The van der Waals surface area contributed by atoms with Gasteiger partial charge in [0.2, 0.25) is 5.91 Å². The minimum Gasteiger partial charge on any atom is -0.356 e. The van der Waals surface area contributed by atoms with E-state index in [1.807, 2.05) is 0 Å². The highest BCUT2D eigenvalue weighted by molar-refractivity contribution is 5.96. The number of rotatable bonds is 5. The molecule has 1 aromatic heterocycles. The number of piperidine rings is 1. The Labute approximate surface area is 155 Å². The van der Waals surface area contributed by atoms with Crippen molar-refractivity contribution in [2.24, 2.45) is 11.8 Å². The van der Waals surface area contributed by atoms with Crippen molar-refractivity contribution in [1.29, 1.82) is 0 Å². The van der Waals surface area contributed by atoms with Gasteiger partial charge in [0.15, 0.2) is 0 Å². The molecule has 0 aliphatic carbocycles. The van der Waals surface area contributed by atoms with Crippen molar-refractivity contribution in [2.45, 2.75) is 46.5 Å². The Morgan fingerprint density at radius 3 is 2.69 bits per heavy atom. The minimum absolute atomic E-state index is 0.0293. The lowest BCUT2D eigenvalue weighted by atomic mass is 9.95. The molecule has 7 heteroatoms. The Kier molecular flexibility index (Phi) is 5.74. The lowest BCUT2D eigenvalue weighted by Gasteiger charge is -2.35. The zero-order valence-corrected chi connectivity index (χ0v) is 16.0. The quantitative estimate of drug-likeness (QED) is 0.828. The highest BCUT2D eigenvalue weighted by Gasteiger charge is 2.28. The Morgan fingerprint density at radius 1 is 1.31 bits per heavy atom. The second kappa shape index (κ2) is 8.01. The first kappa shape index (κ1) is 18.6. The maximum absolute atomic E-state index is 12.3. The summed E-state index contributed by atoms with van der Waals surface area (Å²) in [5.41, 5.74) is 1.54. The zero-order chi connectivity index (χ0) is 18.7. The monoisotopic (exact) mass is 359 g/mol. The molecule has 0 unspecified atom stereocenters. The maximum atomic E-state index is 12.3. The predicted octanol–water partition coefficient (Wildman–Crippen LogP) is 1.31. The lowest BCUT2D eigenvalue weighted by Crippen LogP contribution is -2.41. The summed E-state index contributed by atoms with van der Waals surface area (Å²) in [7, 11) is 0. The molecule has 0 spiro atoms. The Bertz CT molecular complexity index is 681. The first-order chi connectivity index (χ1) is 12.4. The van der Waals surface area contributed by atoms with Crippen molar-refractivity contribution >= 4 is 17.6 Å². The van der Waals surface area contributed by atoms with Crippen LogP contribution in [0.25, 0.3) is 0 Å². The van der Waals surface area contributed by atoms with E-state index in [-0.39, 0.29) is 11.8 Å². The number of anilines is 1. The van der Waals surface area contributed by atoms with E-state index in [0.29, 0.717) is 24.1 Å². The molecule has 3 heterocycles. The molecule has 2 N–H and O–H groups in total. The third-order valence-electron chi connectivity index (χ3n) is 5.05. The molecule has 0 atom stereocenters. The van der Waals surface area contributed by atoms with Crippen LogP contribution in [0, 0.1) is 11.8 Å². The van der Waals surface area contributed by atoms with E-state index in [0.717, 1.165) is 62.5 Å². The van der Waals surface area contributed by atoms with Crippen molar-refractivity contribution in [1.82, 2.24) is 20.6 Å². The van der Waals surface area contributed by atoms with Crippen molar-refractivity contribution in [3.05, 3.63) is 17.1 Å².